The number of hydrogen-bond acceptors (Lipinski definition) is 6. The molecule has 31 heavy (non-hydrogen) atoms. The molecule has 168 valence electrons. The van der Waals surface area contributed by atoms with E-state index in [4.69, 9.17) is 4.74 Å². The van der Waals surface area contributed by atoms with E-state index in [1.54, 1.807) is 6.92 Å². The molecule has 1 saturated heterocycles. The van der Waals surface area contributed by atoms with E-state index in [9.17, 15) is 22.8 Å². The maximum absolute atomic E-state index is 12.9. The molecule has 2 aromatic heterocycles. The summed E-state index contributed by atoms with van der Waals surface area (Å²) in [7, 11) is 0. The van der Waals surface area contributed by atoms with Gasteiger partial charge in [-0.05, 0) is 43.9 Å². The highest BCUT2D eigenvalue weighted by atomic mass is 19.4. The number of pyridine rings is 2. The van der Waals surface area contributed by atoms with Crippen molar-refractivity contribution in [3.05, 3.63) is 30.1 Å². The van der Waals surface area contributed by atoms with E-state index in [2.05, 4.69) is 20.6 Å². The lowest BCUT2D eigenvalue weighted by Crippen LogP contribution is -2.43. The van der Waals surface area contributed by atoms with E-state index in [1.807, 2.05) is 4.90 Å². The number of fused-ring (bicyclic) bond motifs is 1. The normalized spacial score (nSPS) is 15.0. The van der Waals surface area contributed by atoms with Gasteiger partial charge in [0.2, 0.25) is 0 Å². The van der Waals surface area contributed by atoms with Crippen LogP contribution in [0.3, 0.4) is 0 Å². The number of piperidine rings is 1. The van der Waals surface area contributed by atoms with E-state index >= 15 is 0 Å². The number of rotatable bonds is 6. The molecule has 3 rings (SSSR count). The first-order valence-corrected chi connectivity index (χ1v) is 10.0. The Balaban J connectivity index is 1.53. The minimum atomic E-state index is -4.49. The summed E-state index contributed by atoms with van der Waals surface area (Å²) in [5.41, 5.74) is -0.676. The van der Waals surface area contributed by atoms with Crippen LogP contribution in [-0.2, 0) is 15.7 Å². The van der Waals surface area contributed by atoms with Gasteiger partial charge in [0.15, 0.2) is 0 Å². The van der Waals surface area contributed by atoms with Crippen molar-refractivity contribution in [2.24, 2.45) is 5.92 Å². The molecule has 11 heteroatoms. The fraction of sp³-hybridized carbons (Fsp3) is 0.500. The first-order valence-electron chi connectivity index (χ1n) is 10.0. The van der Waals surface area contributed by atoms with Gasteiger partial charge >= 0.3 is 18.2 Å². The Kier molecular flexibility index (Phi) is 7.13. The van der Waals surface area contributed by atoms with Gasteiger partial charge < -0.3 is 20.3 Å². The number of alkyl halides is 3. The average molecular weight is 439 g/mol. The molecule has 0 saturated carbocycles. The molecule has 2 N–H and O–H groups in total. The zero-order chi connectivity index (χ0) is 22.4. The first-order chi connectivity index (χ1) is 14.8. The number of carbonyl (C=O) groups is 2. The lowest BCUT2D eigenvalue weighted by molar-refractivity contribution is -0.142. The summed E-state index contributed by atoms with van der Waals surface area (Å²) in [6, 6.07) is 3.42. The van der Waals surface area contributed by atoms with Crippen molar-refractivity contribution >= 4 is 28.7 Å². The van der Waals surface area contributed by atoms with Crippen molar-refractivity contribution in [2.45, 2.75) is 25.9 Å². The molecule has 0 aliphatic carbocycles. The zero-order valence-electron chi connectivity index (χ0n) is 17.0. The van der Waals surface area contributed by atoms with Crippen molar-refractivity contribution in [1.82, 2.24) is 20.6 Å². The van der Waals surface area contributed by atoms with E-state index in [-0.39, 0.29) is 24.6 Å². The van der Waals surface area contributed by atoms with Gasteiger partial charge in [0.1, 0.15) is 18.1 Å². The highest BCUT2D eigenvalue weighted by Crippen LogP contribution is 2.32. The molecule has 0 aromatic carbocycles. The van der Waals surface area contributed by atoms with Crippen LogP contribution in [0.15, 0.2) is 24.4 Å². The second-order valence-electron chi connectivity index (χ2n) is 7.19. The fourth-order valence-corrected chi connectivity index (χ4v) is 3.46. The molecule has 0 unspecified atom stereocenters. The number of nitrogens with zero attached hydrogens (tertiary/aromatic N) is 3. The third-order valence-electron chi connectivity index (χ3n) is 5.05. The van der Waals surface area contributed by atoms with Crippen LogP contribution in [0, 0.1) is 5.92 Å². The van der Waals surface area contributed by atoms with Gasteiger partial charge in [-0.3, -0.25) is 4.79 Å². The maximum atomic E-state index is 12.9. The Morgan fingerprint density at radius 1 is 1.19 bits per heavy atom. The number of urea groups is 1. The average Bonchev–Trinajstić information content (AvgIpc) is 2.75. The topological polar surface area (TPSA) is 96.4 Å². The standard InChI is InChI=1S/C20H24F3N5O3/c1-2-31-17(29)12-26-19(30)25-11-13-6-9-28(10-7-13)18-14-3-4-16(20(21,22)23)27-15(14)5-8-24-18/h3-5,8,13H,2,6-7,9-12H2,1H3,(H2,25,26,30). The molecule has 3 heterocycles. The minimum Gasteiger partial charge on any atom is -0.465 e. The second-order valence-corrected chi connectivity index (χ2v) is 7.19. The predicted molar refractivity (Wildman–Crippen MR) is 108 cm³/mol. The van der Waals surface area contributed by atoms with Gasteiger partial charge in [0.05, 0.1) is 12.1 Å². The quantitative estimate of drug-likeness (QED) is 0.672. The van der Waals surface area contributed by atoms with Crippen LogP contribution in [0.5, 0.6) is 0 Å². The molecular formula is C20H24F3N5O3. The van der Waals surface area contributed by atoms with E-state index in [1.165, 1.54) is 18.3 Å². The van der Waals surface area contributed by atoms with Gasteiger partial charge in [-0.1, -0.05) is 0 Å². The molecule has 0 bridgehead atoms. The fourth-order valence-electron chi connectivity index (χ4n) is 3.46. The van der Waals surface area contributed by atoms with Gasteiger partial charge in [0, 0.05) is 31.2 Å². The van der Waals surface area contributed by atoms with Crippen molar-refractivity contribution in [1.29, 1.82) is 0 Å². The molecule has 1 aliphatic rings. The van der Waals surface area contributed by atoms with Crippen molar-refractivity contribution < 1.29 is 27.5 Å². The Hall–Kier alpha value is -3.11. The number of amides is 2. The third kappa shape index (κ3) is 5.96. The number of nitrogens with one attached hydrogen (secondary N) is 2. The van der Waals surface area contributed by atoms with E-state index in [0.29, 0.717) is 30.8 Å². The molecule has 0 radical (unpaired) electrons. The lowest BCUT2D eigenvalue weighted by Gasteiger charge is -2.33. The minimum absolute atomic E-state index is 0.186. The number of aromatic nitrogens is 2. The molecular weight excluding hydrogens is 415 g/mol. The Morgan fingerprint density at radius 3 is 2.61 bits per heavy atom. The summed E-state index contributed by atoms with van der Waals surface area (Å²) >= 11 is 0. The number of halogens is 3. The van der Waals surface area contributed by atoms with Crippen LogP contribution in [-0.4, -0.2) is 54.8 Å². The van der Waals surface area contributed by atoms with E-state index < -0.39 is 23.9 Å². The van der Waals surface area contributed by atoms with Crippen LogP contribution in [0.25, 0.3) is 10.9 Å². The Bertz CT molecular complexity index is 930. The summed E-state index contributed by atoms with van der Waals surface area (Å²) in [5.74, 6) is 0.359. The number of anilines is 1. The van der Waals surface area contributed by atoms with Gasteiger partial charge in [0.25, 0.3) is 0 Å². The van der Waals surface area contributed by atoms with Crippen LogP contribution in [0.2, 0.25) is 0 Å². The highest BCUT2D eigenvalue weighted by Gasteiger charge is 2.33. The largest absolute Gasteiger partial charge is 0.465 e. The third-order valence-corrected chi connectivity index (χ3v) is 5.05. The summed E-state index contributed by atoms with van der Waals surface area (Å²) in [6.07, 6.45) is -1.47. The number of carbonyl (C=O) groups excluding carboxylic acids is 2. The number of hydrogen-bond donors (Lipinski definition) is 2. The monoisotopic (exact) mass is 439 g/mol. The molecule has 0 spiro atoms. The molecule has 2 aromatic rings. The maximum Gasteiger partial charge on any atom is 0.433 e. The molecule has 0 atom stereocenters. The zero-order valence-corrected chi connectivity index (χ0v) is 17.0. The van der Waals surface area contributed by atoms with E-state index in [0.717, 1.165) is 18.9 Å². The number of esters is 1. The summed E-state index contributed by atoms with van der Waals surface area (Å²) < 4.78 is 43.5. The number of ether oxygens (including phenoxy) is 1. The SMILES string of the molecule is CCOC(=O)CNC(=O)NCC1CCN(c2nccc3nc(C(F)(F)F)ccc23)CC1. The summed E-state index contributed by atoms with van der Waals surface area (Å²) in [4.78, 5) is 33.1. The van der Waals surface area contributed by atoms with Crippen LogP contribution >= 0.6 is 0 Å². The second kappa shape index (κ2) is 9.80. The van der Waals surface area contributed by atoms with Crippen LogP contribution < -0.4 is 15.5 Å². The molecule has 1 aliphatic heterocycles. The van der Waals surface area contributed by atoms with Gasteiger partial charge in [-0.15, -0.1) is 0 Å². The smallest absolute Gasteiger partial charge is 0.433 e. The van der Waals surface area contributed by atoms with Crippen molar-refractivity contribution in [3.8, 4) is 0 Å². The predicted octanol–water partition coefficient (Wildman–Crippen LogP) is 2.73. The van der Waals surface area contributed by atoms with Crippen molar-refractivity contribution in [2.75, 3.05) is 37.7 Å². The highest BCUT2D eigenvalue weighted by molar-refractivity contribution is 5.89. The lowest BCUT2D eigenvalue weighted by atomic mass is 9.96. The first kappa shape index (κ1) is 22.6. The Labute approximate surface area is 177 Å². The van der Waals surface area contributed by atoms with Crippen molar-refractivity contribution in [3.63, 3.8) is 0 Å². The summed E-state index contributed by atoms with van der Waals surface area (Å²) in [5, 5.41) is 5.77. The van der Waals surface area contributed by atoms with Crippen LogP contribution in [0.4, 0.5) is 23.8 Å². The van der Waals surface area contributed by atoms with Gasteiger partial charge in [-0.2, -0.15) is 13.2 Å². The summed E-state index contributed by atoms with van der Waals surface area (Å²) in [6.45, 7) is 3.53. The Morgan fingerprint density at radius 2 is 1.94 bits per heavy atom. The van der Waals surface area contributed by atoms with Gasteiger partial charge in [-0.25, -0.2) is 14.8 Å². The molecule has 2 amide bonds. The molecule has 8 nitrogen and oxygen atoms in total. The molecule has 1 fully saturated rings. The van der Waals surface area contributed by atoms with Crippen LogP contribution in [0.1, 0.15) is 25.5 Å².